The Bertz CT molecular complexity index is 1550. The quantitative estimate of drug-likeness (QED) is 0.453. The maximum Gasteiger partial charge on any atom is 0.338 e. The molecule has 3 aliphatic rings. The highest BCUT2D eigenvalue weighted by Crippen LogP contribution is 2.55. The van der Waals surface area contributed by atoms with Gasteiger partial charge in [-0.05, 0) is 49.3 Å². The first kappa shape index (κ1) is 28.8. The van der Waals surface area contributed by atoms with Gasteiger partial charge < -0.3 is 9.64 Å². The zero-order chi connectivity index (χ0) is 29.0. The van der Waals surface area contributed by atoms with Crippen LogP contribution in [0.2, 0.25) is 0 Å². The van der Waals surface area contributed by atoms with Crippen molar-refractivity contribution in [3.05, 3.63) is 61.4 Å². The van der Waals surface area contributed by atoms with Gasteiger partial charge in [-0.3, -0.25) is 19.4 Å². The van der Waals surface area contributed by atoms with Crippen molar-refractivity contribution in [1.82, 2.24) is 19.5 Å². The van der Waals surface area contributed by atoms with E-state index in [1.807, 2.05) is 17.2 Å². The molecule has 1 N–H and O–H groups in total. The number of hydrogen-bond acceptors (Lipinski definition) is 10. The normalized spacial score (nSPS) is 22.4. The van der Waals surface area contributed by atoms with E-state index in [-0.39, 0.29) is 17.5 Å². The number of esters is 1. The molecule has 5 rings (SSSR count). The molecule has 1 spiro atoms. The fraction of sp³-hybridized carbons (Fsp3) is 0.462. The summed E-state index contributed by atoms with van der Waals surface area (Å²) in [6.45, 7) is 2.61. The monoisotopic (exact) mass is 653 g/mol. The van der Waals surface area contributed by atoms with E-state index in [4.69, 9.17) is 9.73 Å². The van der Waals surface area contributed by atoms with E-state index in [0.29, 0.717) is 39.5 Å². The van der Waals surface area contributed by atoms with Crippen LogP contribution in [0.3, 0.4) is 0 Å². The van der Waals surface area contributed by atoms with Crippen LogP contribution in [0, 0.1) is 18.2 Å². The number of hydrogen-bond donors (Lipinski definition) is 1. The SMILES string of the molecule is COC(=O)C1=C(CN2CC3(CC3)C[C@H]2C(=O)NS(C)(=O)=O)N(C)C(c2nc(C)cs2)=N[C@H]1c1ccc(F)cc1Br. The lowest BCUT2D eigenvalue weighted by Crippen LogP contribution is -2.48. The van der Waals surface area contributed by atoms with Crippen LogP contribution in [-0.2, 0) is 24.3 Å². The smallest absolute Gasteiger partial charge is 0.338 e. The Morgan fingerprint density at radius 3 is 2.62 bits per heavy atom. The van der Waals surface area contributed by atoms with Crippen LogP contribution in [0.25, 0.3) is 0 Å². The number of amides is 1. The molecule has 0 unspecified atom stereocenters. The number of halogens is 2. The number of amidine groups is 1. The molecular formula is C26H29BrFN5O5S2. The van der Waals surface area contributed by atoms with Gasteiger partial charge in [0.15, 0.2) is 10.8 Å². The van der Waals surface area contributed by atoms with E-state index in [2.05, 4.69) is 25.6 Å². The Labute approximate surface area is 244 Å². The largest absolute Gasteiger partial charge is 0.466 e. The fourth-order valence-electron chi connectivity index (χ4n) is 5.43. The number of rotatable bonds is 7. The van der Waals surface area contributed by atoms with Crippen molar-refractivity contribution in [2.24, 2.45) is 10.4 Å². The first-order valence-electron chi connectivity index (χ1n) is 12.6. The molecule has 10 nitrogen and oxygen atoms in total. The minimum Gasteiger partial charge on any atom is -0.466 e. The van der Waals surface area contributed by atoms with E-state index in [1.54, 1.807) is 18.0 Å². The fourth-order valence-corrected chi connectivity index (χ4v) is 7.32. The third-order valence-electron chi connectivity index (χ3n) is 7.54. The summed E-state index contributed by atoms with van der Waals surface area (Å²) in [6.07, 6.45) is 3.37. The average molecular weight is 655 g/mol. The summed E-state index contributed by atoms with van der Waals surface area (Å²) in [4.78, 5) is 39.7. The van der Waals surface area contributed by atoms with Gasteiger partial charge in [0.05, 0.1) is 25.0 Å². The number of carbonyl (C=O) groups is 2. The van der Waals surface area contributed by atoms with E-state index in [0.717, 1.165) is 24.8 Å². The van der Waals surface area contributed by atoms with E-state index >= 15 is 0 Å². The van der Waals surface area contributed by atoms with Crippen molar-refractivity contribution in [3.63, 3.8) is 0 Å². The van der Waals surface area contributed by atoms with E-state index < -0.39 is 39.8 Å². The number of carbonyl (C=O) groups excluding carboxylic acids is 2. The molecule has 1 amide bonds. The second-order valence-electron chi connectivity index (χ2n) is 10.6. The third kappa shape index (κ3) is 5.71. The van der Waals surface area contributed by atoms with Crippen LogP contribution < -0.4 is 4.72 Å². The van der Waals surface area contributed by atoms with Crippen molar-refractivity contribution < 1.29 is 27.1 Å². The number of nitrogens with one attached hydrogen (secondary N) is 1. The van der Waals surface area contributed by atoms with Gasteiger partial charge in [0.2, 0.25) is 10.0 Å². The number of likely N-dealkylation sites (tertiary alicyclic amines) is 1. The van der Waals surface area contributed by atoms with Gasteiger partial charge in [0, 0.05) is 41.4 Å². The van der Waals surface area contributed by atoms with Crippen LogP contribution >= 0.6 is 27.3 Å². The molecule has 2 aliphatic heterocycles. The highest BCUT2D eigenvalue weighted by molar-refractivity contribution is 9.10. The van der Waals surface area contributed by atoms with Crippen molar-refractivity contribution in [3.8, 4) is 0 Å². The molecule has 2 fully saturated rings. The number of aliphatic imine (C=N–C) groups is 1. The topological polar surface area (TPSA) is 121 Å². The number of thiazole rings is 1. The zero-order valence-electron chi connectivity index (χ0n) is 22.4. The second-order valence-corrected chi connectivity index (χ2v) is 14.1. The molecule has 1 saturated carbocycles. The van der Waals surface area contributed by atoms with Gasteiger partial charge in [-0.25, -0.2) is 22.6 Å². The third-order valence-corrected chi connectivity index (χ3v) is 9.75. The molecule has 1 saturated heterocycles. The van der Waals surface area contributed by atoms with E-state index in [1.165, 1.54) is 30.6 Å². The first-order valence-corrected chi connectivity index (χ1v) is 16.1. The van der Waals surface area contributed by atoms with Gasteiger partial charge in [0.25, 0.3) is 5.91 Å². The molecular weight excluding hydrogens is 625 g/mol. The minimum absolute atomic E-state index is 0.0541. The highest BCUT2D eigenvalue weighted by Gasteiger charge is 2.54. The Balaban J connectivity index is 1.63. The van der Waals surface area contributed by atoms with Crippen LogP contribution in [0.15, 0.2) is 44.3 Å². The maximum absolute atomic E-state index is 14.0. The minimum atomic E-state index is -3.75. The lowest BCUT2D eigenvalue weighted by Gasteiger charge is -2.36. The van der Waals surface area contributed by atoms with Crippen molar-refractivity contribution in [2.45, 2.75) is 38.3 Å². The molecule has 40 heavy (non-hydrogen) atoms. The molecule has 3 heterocycles. The maximum atomic E-state index is 14.0. The summed E-state index contributed by atoms with van der Waals surface area (Å²) in [6, 6.07) is 2.64. The molecule has 1 aliphatic carbocycles. The molecule has 2 atom stereocenters. The average Bonchev–Trinajstić information content (AvgIpc) is 3.31. The lowest BCUT2D eigenvalue weighted by atomic mass is 9.94. The van der Waals surface area contributed by atoms with Crippen LogP contribution in [0.4, 0.5) is 4.39 Å². The number of aromatic nitrogens is 1. The predicted octanol–water partition coefficient (Wildman–Crippen LogP) is 3.14. The molecule has 1 aromatic heterocycles. The zero-order valence-corrected chi connectivity index (χ0v) is 25.6. The number of likely N-dealkylation sites (N-methyl/N-ethyl adjacent to an activating group) is 1. The Morgan fingerprint density at radius 2 is 2.05 bits per heavy atom. The Kier molecular flexibility index (Phi) is 7.66. The second kappa shape index (κ2) is 10.6. The van der Waals surface area contributed by atoms with Crippen LogP contribution in [0.5, 0.6) is 0 Å². The molecule has 14 heteroatoms. The highest BCUT2D eigenvalue weighted by atomic mass is 79.9. The Morgan fingerprint density at radius 1 is 1.32 bits per heavy atom. The van der Waals surface area contributed by atoms with Crippen molar-refractivity contribution in [1.29, 1.82) is 0 Å². The number of nitrogens with zero attached hydrogens (tertiary/aromatic N) is 4. The number of ether oxygens (including phenoxy) is 1. The van der Waals surface area contributed by atoms with Crippen molar-refractivity contribution in [2.75, 3.05) is 33.5 Å². The van der Waals surface area contributed by atoms with Gasteiger partial charge in [-0.15, -0.1) is 11.3 Å². The van der Waals surface area contributed by atoms with E-state index in [9.17, 15) is 22.4 Å². The molecule has 0 bridgehead atoms. The lowest BCUT2D eigenvalue weighted by molar-refractivity contribution is -0.136. The first-order chi connectivity index (χ1) is 18.8. The molecule has 0 radical (unpaired) electrons. The number of sulfonamides is 1. The summed E-state index contributed by atoms with van der Waals surface area (Å²) in [5.41, 5.74) is 2.10. The predicted molar refractivity (Wildman–Crippen MR) is 152 cm³/mol. The molecule has 1 aromatic carbocycles. The molecule has 2 aromatic rings. The summed E-state index contributed by atoms with van der Waals surface area (Å²) >= 11 is 4.84. The number of aryl methyl sites for hydroxylation is 1. The van der Waals surface area contributed by atoms with Gasteiger partial charge in [-0.2, -0.15) is 0 Å². The van der Waals surface area contributed by atoms with Gasteiger partial charge in [-0.1, -0.05) is 22.0 Å². The van der Waals surface area contributed by atoms with Gasteiger partial charge >= 0.3 is 5.97 Å². The van der Waals surface area contributed by atoms with Gasteiger partial charge in [0.1, 0.15) is 11.9 Å². The van der Waals surface area contributed by atoms with Crippen LogP contribution in [-0.4, -0.2) is 80.5 Å². The van der Waals surface area contributed by atoms with Crippen LogP contribution in [0.1, 0.15) is 41.6 Å². The number of benzene rings is 1. The van der Waals surface area contributed by atoms with Crippen molar-refractivity contribution >= 4 is 55.0 Å². The summed E-state index contributed by atoms with van der Waals surface area (Å²) in [7, 11) is -0.695. The standard InChI is InChI=1S/C26H29BrFN5O5S2/c1-14-12-39-24(29-14)22-30-21(16-6-5-15(28)9-17(16)27)20(25(35)38-3)19(32(22)2)11-33-13-26(7-8-26)10-18(33)23(34)31-40(4,36)37/h5-6,9,12,18,21H,7-8,10-11,13H2,1-4H3,(H,31,34)/t18-,21-/m0/s1. The number of methoxy groups -OCH3 is 1. The summed E-state index contributed by atoms with van der Waals surface area (Å²) in [5.74, 6) is -1.14. The molecule has 214 valence electrons. The summed E-state index contributed by atoms with van der Waals surface area (Å²) < 4.78 is 45.6. The summed E-state index contributed by atoms with van der Waals surface area (Å²) in [5, 5.41) is 2.53. The Hall–Kier alpha value is -2.68.